The first kappa shape index (κ1) is 8.13. The highest BCUT2D eigenvalue weighted by molar-refractivity contribution is 7.80. The second-order valence-electron chi connectivity index (χ2n) is 2.17. The van der Waals surface area contributed by atoms with Crippen molar-refractivity contribution in [2.24, 2.45) is 0 Å². The van der Waals surface area contributed by atoms with Crippen molar-refractivity contribution < 1.29 is 0 Å². The van der Waals surface area contributed by atoms with Gasteiger partial charge < -0.3 is 4.90 Å². The van der Waals surface area contributed by atoms with Gasteiger partial charge in [0.05, 0.1) is 6.20 Å². The normalized spacial score (nSPS) is 9.64. The summed E-state index contributed by atoms with van der Waals surface area (Å²) in [7, 11) is 1.93. The molecule has 0 aliphatic rings. The molecule has 0 amide bonds. The molecule has 11 heavy (non-hydrogen) atoms. The molecule has 0 saturated carbocycles. The zero-order valence-electron chi connectivity index (χ0n) is 6.53. The first-order chi connectivity index (χ1) is 5.25. The zero-order chi connectivity index (χ0) is 8.27. The van der Waals surface area contributed by atoms with Crippen LogP contribution < -0.4 is 0 Å². The summed E-state index contributed by atoms with van der Waals surface area (Å²) >= 11 is 5.10. The molecule has 0 atom stereocenters. The molecule has 1 aromatic heterocycles. The Bertz CT molecular complexity index is 231. The molecule has 1 heterocycles. The van der Waals surface area contributed by atoms with Crippen LogP contribution in [-0.2, 0) is 0 Å². The third kappa shape index (κ3) is 1.74. The van der Waals surface area contributed by atoms with Gasteiger partial charge in [-0.25, -0.2) is 0 Å². The lowest BCUT2D eigenvalue weighted by atomic mass is 10.4. The number of hydrogen-bond acceptors (Lipinski definition) is 3. The van der Waals surface area contributed by atoms with Gasteiger partial charge in [0.25, 0.3) is 0 Å². The van der Waals surface area contributed by atoms with Crippen molar-refractivity contribution >= 4 is 17.2 Å². The fraction of sp³-hybridized carbons (Fsp3) is 0.500. The summed E-state index contributed by atoms with van der Waals surface area (Å²) in [6.45, 7) is 2.91. The van der Waals surface area contributed by atoms with Crippen LogP contribution in [0.2, 0.25) is 0 Å². The maximum Gasteiger partial charge on any atom is 0.140 e. The number of H-pyrrole nitrogens is 1. The van der Waals surface area contributed by atoms with Crippen molar-refractivity contribution in [3.63, 3.8) is 0 Å². The van der Waals surface area contributed by atoms with E-state index >= 15 is 0 Å². The summed E-state index contributed by atoms with van der Waals surface area (Å²) in [6, 6.07) is 0. The summed E-state index contributed by atoms with van der Waals surface area (Å²) in [5, 5.41) is 10.1. The van der Waals surface area contributed by atoms with Gasteiger partial charge in [0.1, 0.15) is 10.7 Å². The van der Waals surface area contributed by atoms with Crippen molar-refractivity contribution in [1.29, 1.82) is 0 Å². The van der Waals surface area contributed by atoms with Crippen LogP contribution >= 0.6 is 12.2 Å². The Morgan fingerprint density at radius 1 is 1.82 bits per heavy atom. The van der Waals surface area contributed by atoms with Gasteiger partial charge in [0.15, 0.2) is 0 Å². The highest BCUT2D eigenvalue weighted by Crippen LogP contribution is 1.97. The molecular weight excluding hydrogens is 160 g/mol. The number of rotatable bonds is 2. The van der Waals surface area contributed by atoms with Crippen LogP contribution in [0.1, 0.15) is 12.6 Å². The molecule has 1 N–H and O–H groups in total. The Morgan fingerprint density at radius 3 is 3.00 bits per heavy atom. The van der Waals surface area contributed by atoms with E-state index in [0.717, 1.165) is 17.2 Å². The van der Waals surface area contributed by atoms with Gasteiger partial charge in [0.2, 0.25) is 0 Å². The van der Waals surface area contributed by atoms with Crippen LogP contribution in [0.4, 0.5) is 0 Å². The minimum atomic E-state index is 0.723. The summed E-state index contributed by atoms with van der Waals surface area (Å²) < 4.78 is 0. The standard InChI is InChI=1S/C6H10N4S/c1-3-10(2)6(11)5-4-7-9-8-5/h4H,3H2,1-2H3,(H,7,8,9). The summed E-state index contributed by atoms with van der Waals surface area (Å²) in [6.07, 6.45) is 1.62. The Morgan fingerprint density at radius 2 is 2.55 bits per heavy atom. The van der Waals surface area contributed by atoms with Gasteiger partial charge in [-0.05, 0) is 6.92 Å². The van der Waals surface area contributed by atoms with Crippen molar-refractivity contribution in [2.75, 3.05) is 13.6 Å². The third-order valence-electron chi connectivity index (χ3n) is 1.46. The molecule has 0 bridgehead atoms. The maximum atomic E-state index is 5.10. The molecule has 0 aliphatic heterocycles. The maximum absolute atomic E-state index is 5.10. The average Bonchev–Trinajstić information content (AvgIpc) is 2.53. The number of aromatic amines is 1. The quantitative estimate of drug-likeness (QED) is 0.654. The van der Waals surface area contributed by atoms with Gasteiger partial charge in [-0.2, -0.15) is 15.4 Å². The van der Waals surface area contributed by atoms with Gasteiger partial charge in [0, 0.05) is 13.6 Å². The van der Waals surface area contributed by atoms with E-state index < -0.39 is 0 Å². The van der Waals surface area contributed by atoms with E-state index in [1.54, 1.807) is 6.20 Å². The van der Waals surface area contributed by atoms with E-state index in [1.807, 2.05) is 18.9 Å². The Labute approximate surface area is 70.6 Å². The van der Waals surface area contributed by atoms with E-state index in [4.69, 9.17) is 12.2 Å². The lowest BCUT2D eigenvalue weighted by Gasteiger charge is -2.14. The van der Waals surface area contributed by atoms with Crippen molar-refractivity contribution in [3.05, 3.63) is 11.9 Å². The van der Waals surface area contributed by atoms with Crippen LogP contribution in [0.25, 0.3) is 0 Å². The Hall–Kier alpha value is -0.970. The molecule has 0 aromatic carbocycles. The molecule has 0 radical (unpaired) electrons. The average molecular weight is 170 g/mol. The van der Waals surface area contributed by atoms with Crippen molar-refractivity contribution in [1.82, 2.24) is 20.3 Å². The number of hydrogen-bond donors (Lipinski definition) is 1. The van der Waals surface area contributed by atoms with Crippen molar-refractivity contribution in [2.45, 2.75) is 6.92 Å². The first-order valence-electron chi connectivity index (χ1n) is 3.37. The second kappa shape index (κ2) is 3.43. The van der Waals surface area contributed by atoms with E-state index in [-0.39, 0.29) is 0 Å². The fourth-order valence-corrected chi connectivity index (χ4v) is 0.871. The molecule has 60 valence electrons. The SMILES string of the molecule is CCN(C)C(=S)c1cn[nH]n1. The van der Waals surface area contributed by atoms with Gasteiger partial charge in [-0.3, -0.25) is 0 Å². The molecular formula is C6H10N4S. The van der Waals surface area contributed by atoms with Gasteiger partial charge in [-0.15, -0.1) is 0 Å². The van der Waals surface area contributed by atoms with Crippen LogP contribution in [0.15, 0.2) is 6.20 Å². The molecule has 0 spiro atoms. The topological polar surface area (TPSA) is 44.8 Å². The van der Waals surface area contributed by atoms with E-state index in [2.05, 4.69) is 15.4 Å². The summed E-state index contributed by atoms with van der Waals surface area (Å²) in [4.78, 5) is 2.66. The predicted molar refractivity (Wildman–Crippen MR) is 46.4 cm³/mol. The van der Waals surface area contributed by atoms with Gasteiger partial charge in [-0.1, -0.05) is 12.2 Å². The van der Waals surface area contributed by atoms with Crippen LogP contribution in [0, 0.1) is 0 Å². The van der Waals surface area contributed by atoms with E-state index in [1.165, 1.54) is 0 Å². The smallest absolute Gasteiger partial charge is 0.140 e. The first-order valence-corrected chi connectivity index (χ1v) is 3.77. The predicted octanol–water partition coefficient (Wildman–Crippen LogP) is 0.432. The third-order valence-corrected chi connectivity index (χ3v) is 1.98. The summed E-state index contributed by atoms with van der Waals surface area (Å²) in [5.41, 5.74) is 0.726. The van der Waals surface area contributed by atoms with Crippen LogP contribution in [-0.4, -0.2) is 38.9 Å². The molecule has 1 aromatic rings. The Kier molecular flexibility index (Phi) is 2.53. The minimum Gasteiger partial charge on any atom is -0.364 e. The Balaban J connectivity index is 2.70. The van der Waals surface area contributed by atoms with Gasteiger partial charge >= 0.3 is 0 Å². The fourth-order valence-electron chi connectivity index (χ4n) is 0.644. The van der Waals surface area contributed by atoms with Crippen LogP contribution in [0.3, 0.4) is 0 Å². The molecule has 4 nitrogen and oxygen atoms in total. The number of aromatic nitrogens is 3. The lowest BCUT2D eigenvalue weighted by molar-refractivity contribution is 0.545. The monoisotopic (exact) mass is 170 g/mol. The lowest BCUT2D eigenvalue weighted by Crippen LogP contribution is -2.25. The zero-order valence-corrected chi connectivity index (χ0v) is 7.35. The molecule has 1 rings (SSSR count). The number of nitrogens with one attached hydrogen (secondary N) is 1. The number of nitrogens with zero attached hydrogens (tertiary/aromatic N) is 3. The molecule has 0 saturated heterocycles. The molecule has 5 heteroatoms. The molecule has 0 aliphatic carbocycles. The largest absolute Gasteiger partial charge is 0.364 e. The van der Waals surface area contributed by atoms with E-state index in [9.17, 15) is 0 Å². The summed E-state index contributed by atoms with van der Waals surface area (Å²) in [5.74, 6) is 0. The second-order valence-corrected chi connectivity index (χ2v) is 2.56. The highest BCUT2D eigenvalue weighted by atomic mass is 32.1. The van der Waals surface area contributed by atoms with E-state index in [0.29, 0.717) is 0 Å². The van der Waals surface area contributed by atoms with Crippen molar-refractivity contribution in [3.8, 4) is 0 Å². The molecule has 0 fully saturated rings. The number of thiocarbonyl (C=S) groups is 1. The highest BCUT2D eigenvalue weighted by Gasteiger charge is 2.06. The van der Waals surface area contributed by atoms with Crippen LogP contribution in [0.5, 0.6) is 0 Å². The molecule has 0 unspecified atom stereocenters. The minimum absolute atomic E-state index is 0.723.